The van der Waals surface area contributed by atoms with E-state index in [-0.39, 0.29) is 12.1 Å². The van der Waals surface area contributed by atoms with Gasteiger partial charge in [-0.15, -0.1) is 0 Å². The zero-order chi connectivity index (χ0) is 16.4. The molecule has 2 aliphatic rings. The Hall–Kier alpha value is -1.43. The van der Waals surface area contributed by atoms with Gasteiger partial charge in [-0.25, -0.2) is 0 Å². The lowest BCUT2D eigenvalue weighted by Crippen LogP contribution is -2.57. The summed E-state index contributed by atoms with van der Waals surface area (Å²) in [4.78, 5) is 15.9. The fraction of sp³-hybridized carbons (Fsp3) is 0.611. The number of rotatable bonds is 6. The van der Waals surface area contributed by atoms with Crippen LogP contribution in [-0.2, 0) is 4.79 Å². The lowest BCUT2D eigenvalue weighted by atomic mass is 10.0. The number of aliphatic hydroxyl groups is 1. The average Bonchev–Trinajstić information content (AvgIpc) is 3.35. The van der Waals surface area contributed by atoms with Crippen LogP contribution in [0.25, 0.3) is 0 Å². The standard InChI is InChI=1S/C18H26N2O3/c1-13-11-20(17(18(22)23)15-7-8-15)10-9-19(13)12-16(21)14-5-3-2-4-6-14/h2-6,13,15-17,21H,7-12H2,1H3,(H,22,23). The van der Waals surface area contributed by atoms with Gasteiger partial charge < -0.3 is 10.2 Å². The Balaban J connectivity index is 1.57. The number of benzene rings is 1. The molecule has 1 aliphatic carbocycles. The van der Waals surface area contributed by atoms with E-state index in [0.717, 1.165) is 38.0 Å². The first-order chi connectivity index (χ1) is 11.1. The minimum absolute atomic E-state index is 0.253. The Morgan fingerprint density at radius 1 is 1.26 bits per heavy atom. The van der Waals surface area contributed by atoms with Crippen LogP contribution < -0.4 is 0 Å². The van der Waals surface area contributed by atoms with Crippen LogP contribution >= 0.6 is 0 Å². The number of carboxylic acids is 1. The monoisotopic (exact) mass is 318 g/mol. The molecular formula is C18H26N2O3. The number of hydrogen-bond donors (Lipinski definition) is 2. The smallest absolute Gasteiger partial charge is 0.321 e. The van der Waals surface area contributed by atoms with E-state index in [4.69, 9.17) is 0 Å². The molecule has 3 unspecified atom stereocenters. The van der Waals surface area contributed by atoms with E-state index in [0.29, 0.717) is 12.5 Å². The molecular weight excluding hydrogens is 292 g/mol. The van der Waals surface area contributed by atoms with Crippen LogP contribution in [0.2, 0.25) is 0 Å². The molecule has 1 aromatic rings. The third-order valence-corrected chi connectivity index (χ3v) is 5.10. The molecule has 126 valence electrons. The van der Waals surface area contributed by atoms with Gasteiger partial charge >= 0.3 is 5.97 Å². The summed E-state index contributed by atoms with van der Waals surface area (Å²) in [5, 5.41) is 19.9. The zero-order valence-corrected chi connectivity index (χ0v) is 13.6. The third-order valence-electron chi connectivity index (χ3n) is 5.10. The number of carbonyl (C=O) groups is 1. The molecule has 2 fully saturated rings. The second-order valence-corrected chi connectivity index (χ2v) is 6.89. The lowest BCUT2D eigenvalue weighted by molar-refractivity contribution is -0.145. The number of hydrogen-bond acceptors (Lipinski definition) is 4. The van der Waals surface area contributed by atoms with Crippen molar-refractivity contribution in [1.82, 2.24) is 9.80 Å². The van der Waals surface area contributed by atoms with Crippen molar-refractivity contribution in [2.75, 3.05) is 26.2 Å². The van der Waals surface area contributed by atoms with Gasteiger partial charge in [0.25, 0.3) is 0 Å². The van der Waals surface area contributed by atoms with Gasteiger partial charge in [0, 0.05) is 32.2 Å². The maximum Gasteiger partial charge on any atom is 0.321 e. The molecule has 0 spiro atoms. The lowest BCUT2D eigenvalue weighted by Gasteiger charge is -2.42. The van der Waals surface area contributed by atoms with Crippen LogP contribution in [0, 0.1) is 5.92 Å². The molecule has 0 radical (unpaired) electrons. The van der Waals surface area contributed by atoms with Gasteiger partial charge in [0.05, 0.1) is 6.10 Å². The summed E-state index contributed by atoms with van der Waals surface area (Å²) < 4.78 is 0. The number of aliphatic hydroxyl groups excluding tert-OH is 1. The summed E-state index contributed by atoms with van der Waals surface area (Å²) in [6.07, 6.45) is 1.58. The van der Waals surface area contributed by atoms with Crippen LogP contribution in [-0.4, -0.2) is 64.2 Å². The fourth-order valence-electron chi connectivity index (χ4n) is 3.62. The molecule has 5 nitrogen and oxygen atoms in total. The van der Waals surface area contributed by atoms with Crippen molar-refractivity contribution in [1.29, 1.82) is 0 Å². The SMILES string of the molecule is CC1CN(C(C(=O)O)C2CC2)CCN1CC(O)c1ccccc1. The Labute approximate surface area is 137 Å². The van der Waals surface area contributed by atoms with Crippen LogP contribution in [0.4, 0.5) is 0 Å². The topological polar surface area (TPSA) is 64.0 Å². The summed E-state index contributed by atoms with van der Waals surface area (Å²) in [7, 11) is 0. The molecule has 0 bridgehead atoms. The van der Waals surface area contributed by atoms with Crippen molar-refractivity contribution in [2.24, 2.45) is 5.92 Å². The highest BCUT2D eigenvalue weighted by Gasteiger charge is 2.42. The Kier molecular flexibility index (Phi) is 4.99. The molecule has 1 saturated carbocycles. The predicted octanol–water partition coefficient (Wildman–Crippen LogP) is 1.59. The van der Waals surface area contributed by atoms with Gasteiger partial charge in [0.2, 0.25) is 0 Å². The molecule has 0 aromatic heterocycles. The second kappa shape index (κ2) is 6.99. The Morgan fingerprint density at radius 2 is 1.96 bits per heavy atom. The van der Waals surface area contributed by atoms with Gasteiger partial charge in [-0.2, -0.15) is 0 Å². The van der Waals surface area contributed by atoms with Crippen LogP contribution in [0.15, 0.2) is 30.3 Å². The van der Waals surface area contributed by atoms with E-state index in [9.17, 15) is 15.0 Å². The molecule has 1 saturated heterocycles. The van der Waals surface area contributed by atoms with E-state index in [1.807, 2.05) is 30.3 Å². The van der Waals surface area contributed by atoms with Gasteiger partial charge in [-0.3, -0.25) is 14.6 Å². The summed E-state index contributed by atoms with van der Waals surface area (Å²) >= 11 is 0. The Morgan fingerprint density at radius 3 is 2.52 bits per heavy atom. The van der Waals surface area contributed by atoms with E-state index in [1.165, 1.54) is 0 Å². The minimum Gasteiger partial charge on any atom is -0.480 e. The average molecular weight is 318 g/mol. The third kappa shape index (κ3) is 3.91. The number of carboxylic acid groups (broad SMARTS) is 1. The van der Waals surface area contributed by atoms with Crippen LogP contribution in [0.5, 0.6) is 0 Å². The van der Waals surface area contributed by atoms with E-state index < -0.39 is 12.1 Å². The van der Waals surface area contributed by atoms with Crippen molar-refractivity contribution >= 4 is 5.97 Å². The molecule has 3 rings (SSSR count). The molecule has 5 heteroatoms. The zero-order valence-electron chi connectivity index (χ0n) is 13.6. The maximum absolute atomic E-state index is 11.5. The second-order valence-electron chi connectivity index (χ2n) is 6.89. The van der Waals surface area contributed by atoms with Crippen molar-refractivity contribution in [3.05, 3.63) is 35.9 Å². The predicted molar refractivity (Wildman–Crippen MR) is 88.2 cm³/mol. The molecule has 3 atom stereocenters. The number of aliphatic carboxylic acids is 1. The van der Waals surface area contributed by atoms with E-state index >= 15 is 0 Å². The van der Waals surface area contributed by atoms with Gasteiger partial charge in [-0.1, -0.05) is 30.3 Å². The highest BCUT2D eigenvalue weighted by Crippen LogP contribution is 2.36. The maximum atomic E-state index is 11.5. The van der Waals surface area contributed by atoms with Gasteiger partial charge in [0.15, 0.2) is 0 Å². The van der Waals surface area contributed by atoms with Crippen LogP contribution in [0.3, 0.4) is 0 Å². The Bertz CT molecular complexity index is 532. The summed E-state index contributed by atoms with van der Waals surface area (Å²) in [6.45, 7) is 5.05. The quantitative estimate of drug-likeness (QED) is 0.834. The molecule has 1 aromatic carbocycles. The summed E-state index contributed by atoms with van der Waals surface area (Å²) in [5.74, 6) is -0.348. The highest BCUT2D eigenvalue weighted by atomic mass is 16.4. The molecule has 0 amide bonds. The number of nitrogens with zero attached hydrogens (tertiary/aromatic N) is 2. The number of piperazine rings is 1. The largest absolute Gasteiger partial charge is 0.480 e. The van der Waals surface area contributed by atoms with Crippen LogP contribution in [0.1, 0.15) is 31.4 Å². The van der Waals surface area contributed by atoms with Crippen molar-refractivity contribution in [3.8, 4) is 0 Å². The van der Waals surface area contributed by atoms with Crippen molar-refractivity contribution < 1.29 is 15.0 Å². The highest BCUT2D eigenvalue weighted by molar-refractivity contribution is 5.74. The fourth-order valence-corrected chi connectivity index (χ4v) is 3.62. The molecule has 2 N–H and O–H groups in total. The molecule has 1 heterocycles. The summed E-state index contributed by atoms with van der Waals surface area (Å²) in [5.41, 5.74) is 0.934. The number of β-amino-alcohol motifs (C(OH)–C–C–N with tert-alkyl or cyclic N) is 1. The van der Waals surface area contributed by atoms with Gasteiger partial charge in [-0.05, 0) is 31.2 Å². The van der Waals surface area contributed by atoms with Gasteiger partial charge in [0.1, 0.15) is 6.04 Å². The first-order valence-electron chi connectivity index (χ1n) is 8.50. The van der Waals surface area contributed by atoms with Crippen molar-refractivity contribution in [2.45, 2.75) is 38.0 Å². The van der Waals surface area contributed by atoms with E-state index in [1.54, 1.807) is 0 Å². The molecule has 23 heavy (non-hydrogen) atoms. The van der Waals surface area contributed by atoms with E-state index in [2.05, 4.69) is 16.7 Å². The normalized spacial score (nSPS) is 25.9. The first-order valence-corrected chi connectivity index (χ1v) is 8.50. The first kappa shape index (κ1) is 16.4. The minimum atomic E-state index is -0.683. The summed E-state index contributed by atoms with van der Waals surface area (Å²) in [6, 6.07) is 9.64. The molecule has 1 aliphatic heterocycles. The van der Waals surface area contributed by atoms with Crippen molar-refractivity contribution in [3.63, 3.8) is 0 Å².